The number of methoxy groups -OCH3 is 1. The van der Waals surface area contributed by atoms with Gasteiger partial charge in [-0.25, -0.2) is 9.79 Å². The zero-order valence-electron chi connectivity index (χ0n) is 24.1. The first-order chi connectivity index (χ1) is 20.4. The van der Waals surface area contributed by atoms with Crippen molar-refractivity contribution in [3.63, 3.8) is 0 Å². The maximum absolute atomic E-state index is 13.9. The van der Waals surface area contributed by atoms with Crippen LogP contribution in [0.25, 0.3) is 6.08 Å². The molecule has 10 heteroatoms. The molecule has 0 unspecified atom stereocenters. The molecule has 42 heavy (non-hydrogen) atoms. The summed E-state index contributed by atoms with van der Waals surface area (Å²) in [6.45, 7) is 5.58. The van der Waals surface area contributed by atoms with Crippen molar-refractivity contribution in [3.8, 4) is 11.5 Å². The molecule has 2 aliphatic rings. The number of amides is 1. The summed E-state index contributed by atoms with van der Waals surface area (Å²) in [7, 11) is 1.58. The van der Waals surface area contributed by atoms with E-state index in [0.29, 0.717) is 38.5 Å². The fourth-order valence-electron chi connectivity index (χ4n) is 5.26. The number of thiazole rings is 1. The molecule has 0 saturated carbocycles. The number of nitrogens with zero attached hydrogens (tertiary/aromatic N) is 3. The molecule has 2 aromatic carbocycles. The third-order valence-electron chi connectivity index (χ3n) is 7.30. The lowest BCUT2D eigenvalue weighted by molar-refractivity contribution is -0.139. The van der Waals surface area contributed by atoms with Crippen LogP contribution in [-0.4, -0.2) is 54.8 Å². The number of esters is 1. The lowest BCUT2D eigenvalue weighted by atomic mass is 9.94. The van der Waals surface area contributed by atoms with Crippen LogP contribution in [-0.2, 0) is 14.3 Å². The van der Waals surface area contributed by atoms with Crippen LogP contribution in [0.3, 0.4) is 0 Å². The van der Waals surface area contributed by atoms with E-state index < -0.39 is 12.0 Å². The van der Waals surface area contributed by atoms with Crippen LogP contribution in [0.5, 0.6) is 11.5 Å². The summed E-state index contributed by atoms with van der Waals surface area (Å²) in [4.78, 5) is 46.7. The molecule has 0 bridgehead atoms. The van der Waals surface area contributed by atoms with Crippen LogP contribution >= 0.6 is 11.3 Å². The van der Waals surface area contributed by atoms with Gasteiger partial charge in [-0.1, -0.05) is 48.9 Å². The van der Waals surface area contributed by atoms with Crippen molar-refractivity contribution in [2.24, 2.45) is 4.99 Å². The molecule has 1 fully saturated rings. The number of fused-ring (bicyclic) bond motifs is 1. The lowest BCUT2D eigenvalue weighted by Gasteiger charge is -2.26. The van der Waals surface area contributed by atoms with Gasteiger partial charge >= 0.3 is 5.97 Å². The first-order valence-electron chi connectivity index (χ1n) is 14.3. The Kier molecular flexibility index (Phi) is 9.22. The molecule has 1 amide bonds. The van der Waals surface area contributed by atoms with Gasteiger partial charge in [-0.05, 0) is 67.7 Å². The van der Waals surface area contributed by atoms with Crippen molar-refractivity contribution < 1.29 is 23.8 Å². The quantitative estimate of drug-likeness (QED) is 0.335. The largest absolute Gasteiger partial charge is 0.497 e. The second-order valence-electron chi connectivity index (χ2n) is 10.1. The summed E-state index contributed by atoms with van der Waals surface area (Å²) in [5, 5.41) is 0. The predicted molar refractivity (Wildman–Crippen MR) is 160 cm³/mol. The van der Waals surface area contributed by atoms with Gasteiger partial charge in [0.05, 0.1) is 35.6 Å². The Balaban J connectivity index is 1.51. The Labute approximate surface area is 248 Å². The molecule has 0 spiro atoms. The van der Waals surface area contributed by atoms with Crippen molar-refractivity contribution in [3.05, 3.63) is 90.6 Å². The molecule has 1 aromatic heterocycles. The SMILES string of the molecule is CCCC1=C(C(=O)OCC)[C@@H](c2cccc(OC)c2)n2c(s/c(=C/c3ccc(OCC(=O)N4CCCC4)cc3)c2=O)=N1. The van der Waals surface area contributed by atoms with Crippen LogP contribution in [0.4, 0.5) is 0 Å². The van der Waals surface area contributed by atoms with Crippen LogP contribution < -0.4 is 24.4 Å². The highest BCUT2D eigenvalue weighted by Gasteiger charge is 2.34. The van der Waals surface area contributed by atoms with E-state index in [9.17, 15) is 14.4 Å². The van der Waals surface area contributed by atoms with Crippen LogP contribution in [0.1, 0.15) is 56.7 Å². The normalized spacial score (nSPS) is 16.7. The summed E-state index contributed by atoms with van der Waals surface area (Å²) in [5.74, 6) is 0.720. The Morgan fingerprint density at radius 1 is 1.07 bits per heavy atom. The standard InChI is InChI=1S/C32H35N3O6S/c1-4-9-25-28(31(38)40-5-2)29(22-10-8-11-24(19-22)39-3)35-30(37)26(42-32(35)33-25)18-21-12-14-23(15-13-21)41-20-27(36)34-16-6-7-17-34/h8,10-15,18-19,29H,4-7,9,16-17,20H2,1-3H3/b26-18+/t29-/m1/s1. The van der Waals surface area contributed by atoms with Crippen molar-refractivity contribution in [1.82, 2.24) is 9.47 Å². The molecule has 3 heterocycles. The minimum Gasteiger partial charge on any atom is -0.497 e. The maximum atomic E-state index is 13.9. The number of hydrogen-bond donors (Lipinski definition) is 0. The number of likely N-dealkylation sites (tertiary alicyclic amines) is 1. The van der Waals surface area contributed by atoms with E-state index in [-0.39, 0.29) is 24.7 Å². The minimum absolute atomic E-state index is 0.00507. The van der Waals surface area contributed by atoms with Crippen LogP contribution in [0.2, 0.25) is 0 Å². The van der Waals surface area contributed by atoms with E-state index in [2.05, 4.69) is 0 Å². The van der Waals surface area contributed by atoms with E-state index in [1.54, 1.807) is 36.8 Å². The molecule has 1 atom stereocenters. The Bertz CT molecular complexity index is 1670. The van der Waals surface area contributed by atoms with Gasteiger partial charge < -0.3 is 19.1 Å². The average Bonchev–Trinajstić information content (AvgIpc) is 3.65. The Morgan fingerprint density at radius 3 is 2.52 bits per heavy atom. The summed E-state index contributed by atoms with van der Waals surface area (Å²) >= 11 is 1.28. The molecular weight excluding hydrogens is 554 g/mol. The topological polar surface area (TPSA) is 99.4 Å². The van der Waals surface area contributed by atoms with Gasteiger partial charge in [-0.3, -0.25) is 14.2 Å². The number of carbonyl (C=O) groups excluding carboxylic acids is 2. The van der Waals surface area contributed by atoms with Gasteiger partial charge in [-0.15, -0.1) is 0 Å². The van der Waals surface area contributed by atoms with Crippen LogP contribution in [0.15, 0.2) is 69.6 Å². The van der Waals surface area contributed by atoms with Crippen molar-refractivity contribution >= 4 is 29.3 Å². The maximum Gasteiger partial charge on any atom is 0.338 e. The number of rotatable bonds is 10. The van der Waals surface area contributed by atoms with Gasteiger partial charge in [0.15, 0.2) is 11.4 Å². The van der Waals surface area contributed by atoms with Gasteiger partial charge in [0, 0.05) is 13.1 Å². The lowest BCUT2D eigenvalue weighted by Crippen LogP contribution is -2.40. The minimum atomic E-state index is -0.706. The molecular formula is C32H35N3O6S. The van der Waals surface area contributed by atoms with Crippen LogP contribution in [0, 0.1) is 0 Å². The third kappa shape index (κ3) is 6.18. The number of carbonyl (C=O) groups is 2. The highest BCUT2D eigenvalue weighted by molar-refractivity contribution is 7.07. The smallest absolute Gasteiger partial charge is 0.338 e. The van der Waals surface area contributed by atoms with Crippen molar-refractivity contribution in [1.29, 1.82) is 0 Å². The van der Waals surface area contributed by atoms with E-state index in [1.807, 2.05) is 48.2 Å². The fraction of sp³-hybridized carbons (Fsp3) is 0.375. The van der Waals surface area contributed by atoms with Crippen molar-refractivity contribution in [2.45, 2.75) is 45.6 Å². The van der Waals surface area contributed by atoms with Gasteiger partial charge in [0.1, 0.15) is 11.5 Å². The summed E-state index contributed by atoms with van der Waals surface area (Å²) < 4.78 is 18.7. The fourth-order valence-corrected chi connectivity index (χ4v) is 6.28. The van der Waals surface area contributed by atoms with E-state index in [4.69, 9.17) is 19.2 Å². The van der Waals surface area contributed by atoms with E-state index in [0.717, 1.165) is 43.5 Å². The number of ether oxygens (including phenoxy) is 3. The van der Waals surface area contributed by atoms with Gasteiger partial charge in [0.2, 0.25) is 0 Å². The molecule has 220 valence electrons. The summed E-state index contributed by atoms with van der Waals surface area (Å²) in [5.41, 5.74) is 2.28. The molecule has 1 saturated heterocycles. The van der Waals surface area contributed by atoms with E-state index >= 15 is 0 Å². The molecule has 0 radical (unpaired) electrons. The zero-order chi connectivity index (χ0) is 29.6. The number of benzene rings is 2. The molecule has 3 aromatic rings. The summed E-state index contributed by atoms with van der Waals surface area (Å²) in [6, 6.07) is 13.9. The summed E-state index contributed by atoms with van der Waals surface area (Å²) in [6.07, 6.45) is 5.23. The van der Waals surface area contributed by atoms with Gasteiger partial charge in [0.25, 0.3) is 11.5 Å². The number of allylic oxidation sites excluding steroid dienone is 1. The molecule has 0 aliphatic carbocycles. The molecule has 2 aliphatic heterocycles. The third-order valence-corrected chi connectivity index (χ3v) is 8.28. The van der Waals surface area contributed by atoms with Crippen molar-refractivity contribution in [2.75, 3.05) is 33.4 Å². The van der Waals surface area contributed by atoms with Gasteiger partial charge in [-0.2, -0.15) is 0 Å². The van der Waals surface area contributed by atoms with E-state index in [1.165, 1.54) is 11.3 Å². The molecule has 9 nitrogen and oxygen atoms in total. The monoisotopic (exact) mass is 589 g/mol. The average molecular weight is 590 g/mol. The first kappa shape index (κ1) is 29.3. The highest BCUT2D eigenvalue weighted by atomic mass is 32.1. The second kappa shape index (κ2) is 13.2. The first-order valence-corrected chi connectivity index (χ1v) is 15.1. The Morgan fingerprint density at radius 2 is 1.83 bits per heavy atom. The second-order valence-corrected chi connectivity index (χ2v) is 11.1. The molecule has 0 N–H and O–H groups in total. The molecule has 5 rings (SSSR count). The Hall–Kier alpha value is -4.18. The zero-order valence-corrected chi connectivity index (χ0v) is 24.9. The predicted octanol–water partition coefficient (Wildman–Crippen LogP) is 3.59. The number of hydrogen-bond acceptors (Lipinski definition) is 8. The highest BCUT2D eigenvalue weighted by Crippen LogP contribution is 2.33. The number of aromatic nitrogens is 1.